The summed E-state index contributed by atoms with van der Waals surface area (Å²) in [6.07, 6.45) is 2.04. The fourth-order valence-electron chi connectivity index (χ4n) is 2.03. The summed E-state index contributed by atoms with van der Waals surface area (Å²) in [4.78, 5) is 13.4. The van der Waals surface area contributed by atoms with Gasteiger partial charge >= 0.3 is 0 Å². The number of nitrogens with zero attached hydrogens (tertiary/aromatic N) is 3. The molecule has 0 N–H and O–H groups in total. The van der Waals surface area contributed by atoms with Gasteiger partial charge in [0, 0.05) is 23.2 Å². The third kappa shape index (κ3) is 3.67. The highest BCUT2D eigenvalue weighted by Gasteiger charge is 2.34. The number of thioether (sulfide) groups is 1. The number of halogens is 2. The Morgan fingerprint density at radius 2 is 2.27 bits per heavy atom. The largest absolute Gasteiger partial charge is 0.284 e. The van der Waals surface area contributed by atoms with Gasteiger partial charge in [-0.05, 0) is 36.6 Å². The number of anilines is 1. The Morgan fingerprint density at radius 1 is 1.50 bits per heavy atom. The fourth-order valence-corrected chi connectivity index (χ4v) is 4.37. The quantitative estimate of drug-likeness (QED) is 0.554. The van der Waals surface area contributed by atoms with Gasteiger partial charge in [-0.25, -0.2) is 4.39 Å². The lowest BCUT2D eigenvalue weighted by Crippen LogP contribution is -2.30. The molecule has 0 aliphatic heterocycles. The summed E-state index contributed by atoms with van der Waals surface area (Å²) < 4.78 is 15.3. The molecule has 1 aromatic heterocycles. The molecular weight excluding hydrogens is 389 g/mol. The summed E-state index contributed by atoms with van der Waals surface area (Å²) in [5.41, 5.74) is 0.613. The van der Waals surface area contributed by atoms with Crippen LogP contribution in [0.3, 0.4) is 0 Å². The number of hydrogen-bond donors (Lipinski definition) is 0. The van der Waals surface area contributed by atoms with E-state index < -0.39 is 0 Å². The van der Waals surface area contributed by atoms with E-state index >= 15 is 0 Å². The van der Waals surface area contributed by atoms with Gasteiger partial charge in [0.05, 0.1) is 0 Å². The van der Waals surface area contributed by atoms with Crippen molar-refractivity contribution in [1.29, 1.82) is 0 Å². The highest BCUT2D eigenvalue weighted by atomic mass is 79.9. The third-order valence-electron chi connectivity index (χ3n) is 3.21. The van der Waals surface area contributed by atoms with Crippen molar-refractivity contribution in [2.45, 2.75) is 35.9 Å². The summed E-state index contributed by atoms with van der Waals surface area (Å²) in [7, 11) is 0. The molecule has 1 aliphatic carbocycles. The van der Waals surface area contributed by atoms with Crippen LogP contribution in [-0.2, 0) is 10.5 Å². The smallest absolute Gasteiger partial charge is 0.225 e. The molecule has 1 heterocycles. The summed E-state index contributed by atoms with van der Waals surface area (Å²) in [6, 6.07) is 5.14. The van der Waals surface area contributed by atoms with Crippen LogP contribution in [0, 0.1) is 5.82 Å². The first-order chi connectivity index (χ1) is 10.5. The van der Waals surface area contributed by atoms with Crippen LogP contribution in [0.2, 0.25) is 0 Å². The average molecular weight is 402 g/mol. The molecule has 0 atom stereocenters. The molecule has 0 bridgehead atoms. The zero-order valence-corrected chi connectivity index (χ0v) is 15.0. The molecule has 2 aromatic rings. The van der Waals surface area contributed by atoms with Gasteiger partial charge in [0.15, 0.2) is 4.34 Å². The monoisotopic (exact) mass is 401 g/mol. The van der Waals surface area contributed by atoms with Gasteiger partial charge in [-0.3, -0.25) is 9.69 Å². The Kier molecular flexibility index (Phi) is 4.79. The lowest BCUT2D eigenvalue weighted by Gasteiger charge is -2.15. The van der Waals surface area contributed by atoms with E-state index in [0.717, 1.165) is 21.7 Å². The highest BCUT2D eigenvalue weighted by Crippen LogP contribution is 2.36. The van der Waals surface area contributed by atoms with Gasteiger partial charge in [0.2, 0.25) is 11.0 Å². The molecule has 4 nitrogen and oxygen atoms in total. The molecule has 3 rings (SSSR count). The Labute approximate surface area is 144 Å². The van der Waals surface area contributed by atoms with Crippen LogP contribution in [0.25, 0.3) is 0 Å². The molecule has 0 saturated heterocycles. The summed E-state index contributed by atoms with van der Waals surface area (Å²) in [5, 5.41) is 8.83. The van der Waals surface area contributed by atoms with Gasteiger partial charge in [-0.1, -0.05) is 39.0 Å². The molecule has 8 heteroatoms. The van der Waals surface area contributed by atoms with Gasteiger partial charge in [-0.2, -0.15) is 0 Å². The van der Waals surface area contributed by atoms with Crippen LogP contribution >= 0.6 is 39.0 Å². The number of aromatic nitrogens is 2. The van der Waals surface area contributed by atoms with Gasteiger partial charge < -0.3 is 0 Å². The number of carbonyl (C=O) groups is 1. The summed E-state index contributed by atoms with van der Waals surface area (Å²) >= 11 is 6.14. The van der Waals surface area contributed by atoms with Crippen molar-refractivity contribution >= 4 is 50.1 Å². The Bertz CT molecular complexity index is 705. The first kappa shape index (κ1) is 15.9. The van der Waals surface area contributed by atoms with Crippen LogP contribution in [0.15, 0.2) is 27.0 Å². The Morgan fingerprint density at radius 3 is 2.95 bits per heavy atom. The van der Waals surface area contributed by atoms with Crippen molar-refractivity contribution in [1.82, 2.24) is 10.2 Å². The maximum absolute atomic E-state index is 13.7. The molecule has 22 heavy (non-hydrogen) atoms. The van der Waals surface area contributed by atoms with Crippen molar-refractivity contribution in [2.24, 2.45) is 0 Å². The predicted molar refractivity (Wildman–Crippen MR) is 89.8 cm³/mol. The minimum atomic E-state index is -0.233. The number of carbonyl (C=O) groups excluding carboxylic acids is 1. The molecule has 0 spiro atoms. The Hall–Kier alpha value is -0.990. The minimum absolute atomic E-state index is 0.00626. The fraction of sp³-hybridized carbons (Fsp3) is 0.357. The SMILES string of the molecule is CC(=O)N(c1nnc(SCc2cc(Br)ccc2F)s1)C1CC1. The lowest BCUT2D eigenvalue weighted by molar-refractivity contribution is -0.116. The van der Waals surface area contributed by atoms with Crippen molar-refractivity contribution in [3.63, 3.8) is 0 Å². The zero-order chi connectivity index (χ0) is 15.7. The van der Waals surface area contributed by atoms with Crippen molar-refractivity contribution in [2.75, 3.05) is 4.90 Å². The minimum Gasteiger partial charge on any atom is -0.284 e. The molecule has 1 saturated carbocycles. The van der Waals surface area contributed by atoms with Gasteiger partial charge in [0.1, 0.15) is 5.82 Å². The maximum atomic E-state index is 13.7. The van der Waals surface area contributed by atoms with E-state index in [9.17, 15) is 9.18 Å². The average Bonchev–Trinajstić information content (AvgIpc) is 3.18. The van der Waals surface area contributed by atoms with Crippen molar-refractivity contribution < 1.29 is 9.18 Å². The van der Waals surface area contributed by atoms with Gasteiger partial charge in [-0.15, -0.1) is 10.2 Å². The third-order valence-corrected chi connectivity index (χ3v) is 5.81. The maximum Gasteiger partial charge on any atom is 0.225 e. The van der Waals surface area contributed by atoms with E-state index in [-0.39, 0.29) is 17.8 Å². The standard InChI is InChI=1S/C14H13BrFN3OS2/c1-8(20)19(11-3-4-11)13-17-18-14(22-13)21-7-9-6-10(15)2-5-12(9)16/h2,5-6,11H,3-4,7H2,1H3. The molecule has 0 unspecified atom stereocenters. The second-order valence-corrected chi connectivity index (χ2v) is 8.09. The van der Waals surface area contributed by atoms with Crippen molar-refractivity contribution in [3.05, 3.63) is 34.1 Å². The second kappa shape index (κ2) is 6.64. The summed E-state index contributed by atoms with van der Waals surface area (Å²) in [5.74, 6) is 0.237. The van der Waals surface area contributed by atoms with Crippen molar-refractivity contribution in [3.8, 4) is 0 Å². The first-order valence-electron chi connectivity index (χ1n) is 6.74. The molecule has 1 aromatic carbocycles. The first-order valence-corrected chi connectivity index (χ1v) is 9.34. The van der Waals surface area contributed by atoms with Crippen LogP contribution in [0.1, 0.15) is 25.3 Å². The normalized spacial score (nSPS) is 14.1. The van der Waals surface area contributed by atoms with E-state index in [0.29, 0.717) is 16.4 Å². The van der Waals surface area contributed by atoms with E-state index in [4.69, 9.17) is 0 Å². The van der Waals surface area contributed by atoms with E-state index in [2.05, 4.69) is 26.1 Å². The second-order valence-electron chi connectivity index (χ2n) is 5.00. The molecule has 1 aliphatic rings. The molecule has 0 radical (unpaired) electrons. The molecule has 116 valence electrons. The number of benzene rings is 1. The number of amides is 1. The lowest BCUT2D eigenvalue weighted by atomic mass is 10.2. The van der Waals surface area contributed by atoms with E-state index in [1.165, 1.54) is 29.2 Å². The molecular formula is C14H13BrFN3OS2. The topological polar surface area (TPSA) is 46.1 Å². The van der Waals surface area contributed by atoms with Crippen LogP contribution in [0.4, 0.5) is 9.52 Å². The zero-order valence-electron chi connectivity index (χ0n) is 11.8. The predicted octanol–water partition coefficient (Wildman–Crippen LogP) is 4.25. The van der Waals surface area contributed by atoms with E-state index in [1.54, 1.807) is 24.0 Å². The van der Waals surface area contributed by atoms with Crippen LogP contribution < -0.4 is 4.90 Å². The molecule has 1 fully saturated rings. The molecule has 1 amide bonds. The van der Waals surface area contributed by atoms with Crippen LogP contribution in [0.5, 0.6) is 0 Å². The number of rotatable bonds is 5. The Balaban J connectivity index is 1.69. The van der Waals surface area contributed by atoms with Crippen LogP contribution in [-0.4, -0.2) is 22.1 Å². The summed E-state index contributed by atoms with van der Waals surface area (Å²) in [6.45, 7) is 1.55. The number of hydrogen-bond acceptors (Lipinski definition) is 5. The van der Waals surface area contributed by atoms with E-state index in [1.807, 2.05) is 0 Å². The highest BCUT2D eigenvalue weighted by molar-refractivity contribution is 9.10. The van der Waals surface area contributed by atoms with Gasteiger partial charge in [0.25, 0.3) is 0 Å².